The molecule has 1 N–H and O–H groups in total. The van der Waals surface area contributed by atoms with Gasteiger partial charge in [-0.2, -0.15) is 0 Å². The number of aryl methyl sites for hydroxylation is 1. The molecule has 1 aromatic rings. The summed E-state index contributed by atoms with van der Waals surface area (Å²) in [6, 6.07) is 3.82. The number of amides is 1. The highest BCUT2D eigenvalue weighted by Crippen LogP contribution is 2.43. The quantitative estimate of drug-likeness (QED) is 0.929. The van der Waals surface area contributed by atoms with Crippen molar-refractivity contribution >= 4 is 11.9 Å². The molecule has 1 aliphatic carbocycles. The van der Waals surface area contributed by atoms with Crippen molar-refractivity contribution in [1.29, 1.82) is 0 Å². The highest BCUT2D eigenvalue weighted by Gasteiger charge is 2.50. The highest BCUT2D eigenvalue weighted by molar-refractivity contribution is 5.89. The Labute approximate surface area is 123 Å². The summed E-state index contributed by atoms with van der Waals surface area (Å²) in [6.45, 7) is 2.60. The van der Waals surface area contributed by atoms with Crippen LogP contribution >= 0.6 is 0 Å². The second-order valence-corrected chi connectivity index (χ2v) is 6.13. The van der Waals surface area contributed by atoms with Crippen LogP contribution in [0.25, 0.3) is 0 Å². The van der Waals surface area contributed by atoms with Crippen molar-refractivity contribution in [2.24, 2.45) is 11.8 Å². The molecule has 0 bridgehead atoms. The topological polar surface area (TPSA) is 70.8 Å². The number of carboxylic acid groups (broad SMARTS) is 1. The summed E-state index contributed by atoms with van der Waals surface area (Å²) in [5.74, 6) is -0.0115. The van der Waals surface area contributed by atoms with Crippen LogP contribution in [0.15, 0.2) is 16.5 Å². The first kappa shape index (κ1) is 14.2. The van der Waals surface area contributed by atoms with Gasteiger partial charge in [-0.3, -0.25) is 9.59 Å². The van der Waals surface area contributed by atoms with Gasteiger partial charge in [-0.05, 0) is 38.3 Å². The van der Waals surface area contributed by atoms with Crippen LogP contribution in [-0.4, -0.2) is 28.4 Å². The Morgan fingerprint density at radius 1 is 1.24 bits per heavy atom. The summed E-state index contributed by atoms with van der Waals surface area (Å²) in [7, 11) is 0. The van der Waals surface area contributed by atoms with E-state index in [0.29, 0.717) is 13.0 Å². The summed E-state index contributed by atoms with van der Waals surface area (Å²) in [5, 5.41) is 9.02. The molecular weight excluding hydrogens is 270 g/mol. The van der Waals surface area contributed by atoms with Crippen molar-refractivity contribution in [3.8, 4) is 0 Å². The maximum absolute atomic E-state index is 12.6. The molecule has 114 valence electrons. The van der Waals surface area contributed by atoms with E-state index in [-0.39, 0.29) is 17.9 Å². The van der Waals surface area contributed by atoms with Gasteiger partial charge in [0, 0.05) is 6.54 Å². The number of likely N-dealkylation sites (tertiary alicyclic amines) is 1. The molecule has 1 amide bonds. The summed E-state index contributed by atoms with van der Waals surface area (Å²) in [4.78, 5) is 25.5. The Morgan fingerprint density at radius 2 is 2.05 bits per heavy atom. The first-order chi connectivity index (χ1) is 10.1. The lowest BCUT2D eigenvalue weighted by atomic mass is 10.1. The maximum atomic E-state index is 12.6. The van der Waals surface area contributed by atoms with Crippen LogP contribution in [0, 0.1) is 18.8 Å². The van der Waals surface area contributed by atoms with Gasteiger partial charge in [0.25, 0.3) is 0 Å². The standard InChI is InChI=1S/C16H21NO4/c1-10-6-7-14(21-10)13-5-3-2-4-8-17(13)15(18)11-9-12(11)16(19)20/h6-7,11-13H,2-5,8-9H2,1H3,(H,19,20). The molecular formula is C16H21NO4. The molecule has 2 fully saturated rings. The average molecular weight is 291 g/mol. The van der Waals surface area contributed by atoms with Crippen molar-refractivity contribution in [2.45, 2.75) is 45.1 Å². The van der Waals surface area contributed by atoms with Crippen LogP contribution < -0.4 is 0 Å². The normalized spacial score (nSPS) is 29.0. The molecule has 0 spiro atoms. The Balaban J connectivity index is 1.79. The zero-order valence-electron chi connectivity index (χ0n) is 12.2. The maximum Gasteiger partial charge on any atom is 0.307 e. The summed E-state index contributed by atoms with van der Waals surface area (Å²) < 4.78 is 5.72. The lowest BCUT2D eigenvalue weighted by molar-refractivity contribution is -0.143. The van der Waals surface area contributed by atoms with Crippen molar-refractivity contribution in [1.82, 2.24) is 4.90 Å². The smallest absolute Gasteiger partial charge is 0.307 e. The van der Waals surface area contributed by atoms with Crippen LogP contribution in [0.4, 0.5) is 0 Å². The van der Waals surface area contributed by atoms with E-state index in [0.717, 1.165) is 37.2 Å². The highest BCUT2D eigenvalue weighted by atomic mass is 16.4. The van der Waals surface area contributed by atoms with E-state index in [1.165, 1.54) is 0 Å². The van der Waals surface area contributed by atoms with Crippen LogP contribution in [0.5, 0.6) is 0 Å². The SMILES string of the molecule is Cc1ccc(C2CCCCCN2C(=O)C2CC2C(=O)O)o1. The van der Waals surface area contributed by atoms with Gasteiger partial charge >= 0.3 is 5.97 Å². The Bertz CT molecular complexity index is 550. The zero-order valence-corrected chi connectivity index (χ0v) is 12.2. The van der Waals surface area contributed by atoms with Gasteiger partial charge in [-0.1, -0.05) is 12.8 Å². The number of carbonyl (C=O) groups is 2. The third-order valence-electron chi connectivity index (χ3n) is 4.55. The number of carbonyl (C=O) groups excluding carboxylic acids is 1. The first-order valence-electron chi connectivity index (χ1n) is 7.67. The number of furan rings is 1. The fourth-order valence-corrected chi connectivity index (χ4v) is 3.25. The van der Waals surface area contributed by atoms with Crippen LogP contribution in [0.1, 0.15) is 49.7 Å². The zero-order chi connectivity index (χ0) is 15.0. The second-order valence-electron chi connectivity index (χ2n) is 6.13. The van der Waals surface area contributed by atoms with Crippen LogP contribution in [0.3, 0.4) is 0 Å². The molecule has 21 heavy (non-hydrogen) atoms. The van der Waals surface area contributed by atoms with Gasteiger partial charge in [-0.15, -0.1) is 0 Å². The molecule has 1 aliphatic heterocycles. The first-order valence-corrected chi connectivity index (χ1v) is 7.67. The lowest BCUT2D eigenvalue weighted by Crippen LogP contribution is -2.36. The molecule has 0 radical (unpaired) electrons. The van der Waals surface area contributed by atoms with E-state index in [4.69, 9.17) is 9.52 Å². The fourth-order valence-electron chi connectivity index (χ4n) is 3.25. The molecule has 3 unspecified atom stereocenters. The molecule has 1 aromatic heterocycles. The van der Waals surface area contributed by atoms with E-state index in [1.807, 2.05) is 24.0 Å². The summed E-state index contributed by atoms with van der Waals surface area (Å²) in [5.41, 5.74) is 0. The molecule has 3 rings (SSSR count). The predicted molar refractivity (Wildman–Crippen MR) is 75.6 cm³/mol. The fraction of sp³-hybridized carbons (Fsp3) is 0.625. The second kappa shape index (κ2) is 5.54. The minimum absolute atomic E-state index is 0.0108. The van der Waals surface area contributed by atoms with E-state index < -0.39 is 11.9 Å². The lowest BCUT2D eigenvalue weighted by Gasteiger charge is -2.29. The van der Waals surface area contributed by atoms with Gasteiger partial charge in [0.1, 0.15) is 11.5 Å². The molecule has 5 heteroatoms. The van der Waals surface area contributed by atoms with Crippen LogP contribution in [-0.2, 0) is 9.59 Å². The molecule has 5 nitrogen and oxygen atoms in total. The number of nitrogens with zero attached hydrogens (tertiary/aromatic N) is 1. The van der Waals surface area contributed by atoms with E-state index in [9.17, 15) is 9.59 Å². The number of hydrogen-bond acceptors (Lipinski definition) is 3. The Hall–Kier alpha value is -1.78. The Kier molecular flexibility index (Phi) is 3.74. The van der Waals surface area contributed by atoms with Gasteiger partial charge in [0.05, 0.1) is 17.9 Å². The van der Waals surface area contributed by atoms with Crippen molar-refractivity contribution in [2.75, 3.05) is 6.54 Å². The van der Waals surface area contributed by atoms with Crippen molar-refractivity contribution in [3.63, 3.8) is 0 Å². The van der Waals surface area contributed by atoms with Gasteiger partial charge < -0.3 is 14.4 Å². The minimum Gasteiger partial charge on any atom is -0.481 e. The predicted octanol–water partition coefficient (Wildman–Crippen LogP) is 2.75. The molecule has 0 aromatic carbocycles. The monoisotopic (exact) mass is 291 g/mol. The average Bonchev–Trinajstić information content (AvgIpc) is 3.19. The van der Waals surface area contributed by atoms with Gasteiger partial charge in [0.2, 0.25) is 5.91 Å². The van der Waals surface area contributed by atoms with Crippen molar-refractivity contribution in [3.05, 3.63) is 23.7 Å². The summed E-state index contributed by atoms with van der Waals surface area (Å²) in [6.07, 6.45) is 4.53. The van der Waals surface area contributed by atoms with Crippen molar-refractivity contribution < 1.29 is 19.1 Å². The van der Waals surface area contributed by atoms with E-state index >= 15 is 0 Å². The third kappa shape index (κ3) is 2.82. The number of carboxylic acids is 1. The molecule has 1 saturated heterocycles. The minimum atomic E-state index is -0.853. The molecule has 2 aliphatic rings. The van der Waals surface area contributed by atoms with E-state index in [1.54, 1.807) is 0 Å². The molecule has 3 atom stereocenters. The van der Waals surface area contributed by atoms with Crippen LogP contribution in [0.2, 0.25) is 0 Å². The third-order valence-corrected chi connectivity index (χ3v) is 4.55. The number of rotatable bonds is 3. The summed E-state index contributed by atoms with van der Waals surface area (Å²) >= 11 is 0. The van der Waals surface area contributed by atoms with Gasteiger partial charge in [0.15, 0.2) is 0 Å². The Morgan fingerprint density at radius 3 is 2.67 bits per heavy atom. The van der Waals surface area contributed by atoms with E-state index in [2.05, 4.69) is 0 Å². The van der Waals surface area contributed by atoms with Gasteiger partial charge in [-0.25, -0.2) is 0 Å². The number of aliphatic carboxylic acids is 1. The molecule has 2 heterocycles. The largest absolute Gasteiger partial charge is 0.481 e. The molecule has 1 saturated carbocycles. The number of hydrogen-bond donors (Lipinski definition) is 1.